The van der Waals surface area contributed by atoms with Crippen LogP contribution in [0.5, 0.6) is 0 Å². The van der Waals surface area contributed by atoms with E-state index < -0.39 is 0 Å². The molecule has 0 fully saturated rings. The number of hydrogen-bond acceptors (Lipinski definition) is 3. The van der Waals surface area contributed by atoms with Gasteiger partial charge in [-0.25, -0.2) is 4.98 Å². The lowest BCUT2D eigenvalue weighted by atomic mass is 10.2. The molecule has 0 atom stereocenters. The van der Waals surface area contributed by atoms with Crippen molar-refractivity contribution in [3.63, 3.8) is 0 Å². The molecule has 0 aliphatic heterocycles. The van der Waals surface area contributed by atoms with Crippen LogP contribution < -0.4 is 5.56 Å². The lowest BCUT2D eigenvalue weighted by Crippen LogP contribution is -2.15. The highest BCUT2D eigenvalue weighted by Gasteiger charge is 2.06. The Bertz CT molecular complexity index is 578. The summed E-state index contributed by atoms with van der Waals surface area (Å²) in [5.41, 5.74) is 2.80. The number of benzene rings is 1. The van der Waals surface area contributed by atoms with Crippen molar-refractivity contribution in [2.45, 2.75) is 31.2 Å². The fourth-order valence-electron chi connectivity index (χ4n) is 1.69. The highest BCUT2D eigenvalue weighted by atomic mass is 32.2. The second-order valence-corrected chi connectivity index (χ2v) is 5.03. The van der Waals surface area contributed by atoms with Crippen LogP contribution in [0.3, 0.4) is 0 Å². The van der Waals surface area contributed by atoms with E-state index in [4.69, 9.17) is 0 Å². The molecule has 0 aliphatic carbocycles. The zero-order valence-corrected chi connectivity index (χ0v) is 11.4. The van der Waals surface area contributed by atoms with E-state index in [0.717, 1.165) is 23.4 Å². The summed E-state index contributed by atoms with van der Waals surface area (Å²) in [5, 5.41) is 0.700. The van der Waals surface area contributed by atoms with E-state index in [2.05, 4.69) is 22.1 Å². The molecule has 3 nitrogen and oxygen atoms in total. The van der Waals surface area contributed by atoms with Crippen LogP contribution >= 0.6 is 11.8 Å². The van der Waals surface area contributed by atoms with E-state index in [1.807, 2.05) is 32.0 Å². The van der Waals surface area contributed by atoms with E-state index in [0.29, 0.717) is 5.16 Å². The Morgan fingerprint density at radius 2 is 2.00 bits per heavy atom. The zero-order chi connectivity index (χ0) is 13.0. The third kappa shape index (κ3) is 3.01. The second kappa shape index (κ2) is 5.87. The van der Waals surface area contributed by atoms with Crippen LogP contribution in [0.2, 0.25) is 0 Å². The number of thioether (sulfide) groups is 1. The first-order chi connectivity index (χ1) is 8.70. The monoisotopic (exact) mass is 260 g/mol. The molecule has 1 heterocycles. The molecular weight excluding hydrogens is 244 g/mol. The highest BCUT2D eigenvalue weighted by molar-refractivity contribution is 7.98. The number of H-pyrrole nitrogens is 1. The highest BCUT2D eigenvalue weighted by Crippen LogP contribution is 2.18. The average molecular weight is 260 g/mol. The van der Waals surface area contributed by atoms with Crippen LogP contribution in [0.25, 0.3) is 0 Å². The van der Waals surface area contributed by atoms with Gasteiger partial charge in [0.25, 0.3) is 5.56 Å². The Balaban J connectivity index is 2.15. The molecule has 0 unspecified atom stereocenters. The Labute approximate surface area is 111 Å². The van der Waals surface area contributed by atoms with Gasteiger partial charge in [0.1, 0.15) is 0 Å². The Morgan fingerprint density at radius 1 is 1.28 bits per heavy atom. The summed E-state index contributed by atoms with van der Waals surface area (Å²) in [7, 11) is 0. The molecular formula is C14H16N2OS. The first kappa shape index (κ1) is 12.9. The number of rotatable bonds is 4. The van der Waals surface area contributed by atoms with Crippen molar-refractivity contribution in [3.05, 3.63) is 57.5 Å². The van der Waals surface area contributed by atoms with E-state index in [-0.39, 0.29) is 5.56 Å². The molecule has 1 aromatic heterocycles. The molecule has 94 valence electrons. The van der Waals surface area contributed by atoms with E-state index in [1.165, 1.54) is 5.56 Å². The molecule has 1 N–H and O–H groups in total. The van der Waals surface area contributed by atoms with Crippen LogP contribution in [-0.4, -0.2) is 9.97 Å². The molecule has 0 spiro atoms. The molecule has 0 saturated carbocycles. The van der Waals surface area contributed by atoms with Gasteiger partial charge in [-0.15, -0.1) is 0 Å². The van der Waals surface area contributed by atoms with Gasteiger partial charge in [-0.05, 0) is 18.9 Å². The Kier molecular flexibility index (Phi) is 4.20. The lowest BCUT2D eigenvalue weighted by molar-refractivity contribution is 0.847. The van der Waals surface area contributed by atoms with Gasteiger partial charge in [0.05, 0.1) is 5.69 Å². The fraction of sp³-hybridized carbons (Fsp3) is 0.286. The van der Waals surface area contributed by atoms with E-state index in [9.17, 15) is 4.79 Å². The average Bonchev–Trinajstić information content (AvgIpc) is 2.41. The molecule has 2 rings (SSSR count). The predicted molar refractivity (Wildman–Crippen MR) is 75.0 cm³/mol. The fourth-order valence-corrected chi connectivity index (χ4v) is 2.53. The normalized spacial score (nSPS) is 10.6. The van der Waals surface area contributed by atoms with Crippen molar-refractivity contribution in [3.8, 4) is 0 Å². The van der Waals surface area contributed by atoms with Crippen molar-refractivity contribution in [1.29, 1.82) is 0 Å². The van der Waals surface area contributed by atoms with Crippen molar-refractivity contribution in [1.82, 2.24) is 9.97 Å². The minimum Gasteiger partial charge on any atom is -0.301 e. The topological polar surface area (TPSA) is 45.8 Å². The Hall–Kier alpha value is -1.55. The van der Waals surface area contributed by atoms with Crippen molar-refractivity contribution in [2.75, 3.05) is 0 Å². The summed E-state index contributed by atoms with van der Waals surface area (Å²) in [5.74, 6) is 0.815. The first-order valence-electron chi connectivity index (χ1n) is 5.97. The maximum atomic E-state index is 11.7. The molecule has 18 heavy (non-hydrogen) atoms. The summed E-state index contributed by atoms with van der Waals surface area (Å²) >= 11 is 1.56. The van der Waals surface area contributed by atoms with Gasteiger partial charge in [-0.3, -0.25) is 4.79 Å². The van der Waals surface area contributed by atoms with Crippen LogP contribution in [0, 0.1) is 6.92 Å². The number of nitrogens with one attached hydrogen (secondary N) is 1. The SMILES string of the molecule is CCc1nc(SCc2ccccc2)[nH]c(=O)c1C. The molecule has 0 radical (unpaired) electrons. The van der Waals surface area contributed by atoms with Crippen molar-refractivity contribution >= 4 is 11.8 Å². The predicted octanol–water partition coefficient (Wildman–Crippen LogP) is 2.93. The van der Waals surface area contributed by atoms with E-state index >= 15 is 0 Å². The molecule has 1 aromatic carbocycles. The third-order valence-corrected chi connectivity index (χ3v) is 3.73. The summed E-state index contributed by atoms with van der Waals surface area (Å²) in [6, 6.07) is 10.2. The summed E-state index contributed by atoms with van der Waals surface area (Å²) in [6.07, 6.45) is 0.786. The smallest absolute Gasteiger partial charge is 0.254 e. The molecule has 0 bridgehead atoms. The number of nitrogens with zero attached hydrogens (tertiary/aromatic N) is 1. The molecule has 0 aliphatic rings. The molecule has 0 saturated heterocycles. The maximum Gasteiger partial charge on any atom is 0.254 e. The molecule has 0 amide bonds. The standard InChI is InChI=1S/C14H16N2OS/c1-3-12-10(2)13(17)16-14(15-12)18-9-11-7-5-4-6-8-11/h4-8H,3,9H2,1-2H3,(H,15,16,17). The summed E-state index contributed by atoms with van der Waals surface area (Å²) < 4.78 is 0. The van der Waals surface area contributed by atoms with Gasteiger partial charge in [0.15, 0.2) is 5.16 Å². The summed E-state index contributed by atoms with van der Waals surface area (Å²) in [6.45, 7) is 3.83. The molecule has 2 aromatic rings. The van der Waals surface area contributed by atoms with Crippen LogP contribution in [-0.2, 0) is 12.2 Å². The van der Waals surface area contributed by atoms with Gasteiger partial charge in [0, 0.05) is 11.3 Å². The van der Waals surface area contributed by atoms with Gasteiger partial charge in [-0.1, -0.05) is 49.0 Å². The van der Waals surface area contributed by atoms with Crippen LogP contribution in [0.15, 0.2) is 40.3 Å². The lowest BCUT2D eigenvalue weighted by Gasteiger charge is -2.05. The van der Waals surface area contributed by atoms with Gasteiger partial charge in [-0.2, -0.15) is 0 Å². The van der Waals surface area contributed by atoms with Gasteiger partial charge < -0.3 is 4.98 Å². The minimum atomic E-state index is -0.0302. The minimum absolute atomic E-state index is 0.0302. The van der Waals surface area contributed by atoms with Crippen LogP contribution in [0.1, 0.15) is 23.7 Å². The van der Waals surface area contributed by atoms with Crippen molar-refractivity contribution in [2.24, 2.45) is 0 Å². The quantitative estimate of drug-likeness (QED) is 0.679. The van der Waals surface area contributed by atoms with Gasteiger partial charge in [0.2, 0.25) is 0 Å². The summed E-state index contributed by atoms with van der Waals surface area (Å²) in [4.78, 5) is 19.0. The van der Waals surface area contributed by atoms with Crippen LogP contribution in [0.4, 0.5) is 0 Å². The van der Waals surface area contributed by atoms with E-state index in [1.54, 1.807) is 11.8 Å². The number of aromatic nitrogens is 2. The number of aromatic amines is 1. The number of hydrogen-bond donors (Lipinski definition) is 1. The first-order valence-corrected chi connectivity index (χ1v) is 6.95. The Morgan fingerprint density at radius 3 is 2.67 bits per heavy atom. The second-order valence-electron chi connectivity index (χ2n) is 4.07. The number of aryl methyl sites for hydroxylation is 1. The largest absolute Gasteiger partial charge is 0.301 e. The molecule has 4 heteroatoms. The van der Waals surface area contributed by atoms with Crippen molar-refractivity contribution < 1.29 is 0 Å². The zero-order valence-electron chi connectivity index (χ0n) is 10.6. The van der Waals surface area contributed by atoms with Gasteiger partial charge >= 0.3 is 0 Å². The third-order valence-electron chi connectivity index (χ3n) is 2.78. The maximum absolute atomic E-state index is 11.7.